The Labute approximate surface area is 134 Å². The molecule has 2 nitrogen and oxygen atoms in total. The Morgan fingerprint density at radius 2 is 1.55 bits per heavy atom. The molecule has 0 saturated carbocycles. The van der Waals surface area contributed by atoms with Crippen molar-refractivity contribution in [2.45, 2.75) is 38.4 Å². The highest BCUT2D eigenvalue weighted by molar-refractivity contribution is 5.18. The fraction of sp³-hybridized carbons (Fsp3) is 0.400. The van der Waals surface area contributed by atoms with E-state index in [9.17, 15) is 0 Å². The van der Waals surface area contributed by atoms with E-state index in [1.165, 1.54) is 37.1 Å². The van der Waals surface area contributed by atoms with Crippen molar-refractivity contribution < 1.29 is 0 Å². The molecule has 1 fully saturated rings. The molecular weight excluding hydrogens is 268 g/mol. The van der Waals surface area contributed by atoms with Crippen molar-refractivity contribution in [3.63, 3.8) is 0 Å². The van der Waals surface area contributed by atoms with Crippen LogP contribution >= 0.6 is 0 Å². The molecule has 0 spiro atoms. The summed E-state index contributed by atoms with van der Waals surface area (Å²) in [6, 6.07) is 22.6. The van der Waals surface area contributed by atoms with Gasteiger partial charge in [0.15, 0.2) is 0 Å². The van der Waals surface area contributed by atoms with E-state index in [2.05, 4.69) is 77.8 Å². The molecule has 1 saturated heterocycles. The fourth-order valence-electron chi connectivity index (χ4n) is 3.29. The van der Waals surface area contributed by atoms with E-state index in [4.69, 9.17) is 0 Å². The predicted molar refractivity (Wildman–Crippen MR) is 92.7 cm³/mol. The summed E-state index contributed by atoms with van der Waals surface area (Å²) in [6.45, 7) is 5.73. The minimum Gasteiger partial charge on any atom is -0.307 e. The third-order valence-corrected chi connectivity index (χ3v) is 4.62. The number of rotatable bonds is 5. The van der Waals surface area contributed by atoms with Gasteiger partial charge in [-0.25, -0.2) is 0 Å². The summed E-state index contributed by atoms with van der Waals surface area (Å²) >= 11 is 0. The van der Waals surface area contributed by atoms with Crippen molar-refractivity contribution in [1.29, 1.82) is 0 Å². The first-order valence-corrected chi connectivity index (χ1v) is 8.38. The summed E-state index contributed by atoms with van der Waals surface area (Å²) in [6.07, 6.45) is 2.48. The second-order valence-corrected chi connectivity index (χ2v) is 6.34. The van der Waals surface area contributed by atoms with Gasteiger partial charge in [-0.05, 0) is 44.0 Å². The molecule has 1 unspecified atom stereocenters. The Balaban J connectivity index is 1.46. The van der Waals surface area contributed by atoms with Crippen LogP contribution in [-0.2, 0) is 6.54 Å². The molecule has 0 radical (unpaired) electrons. The molecule has 1 N–H and O–H groups in total. The normalized spacial score (nSPS) is 18.2. The Morgan fingerprint density at radius 1 is 0.955 bits per heavy atom. The van der Waals surface area contributed by atoms with Crippen molar-refractivity contribution in [1.82, 2.24) is 10.2 Å². The molecule has 1 atom stereocenters. The topological polar surface area (TPSA) is 15.3 Å². The van der Waals surface area contributed by atoms with Gasteiger partial charge >= 0.3 is 0 Å². The van der Waals surface area contributed by atoms with Crippen LogP contribution in [0.15, 0.2) is 60.7 Å². The highest BCUT2D eigenvalue weighted by Crippen LogP contribution is 2.18. The highest BCUT2D eigenvalue weighted by Gasteiger charge is 2.20. The number of hydrogen-bond donors (Lipinski definition) is 1. The number of likely N-dealkylation sites (tertiary alicyclic amines) is 1. The Morgan fingerprint density at radius 3 is 2.18 bits per heavy atom. The van der Waals surface area contributed by atoms with Crippen LogP contribution in [0.25, 0.3) is 0 Å². The summed E-state index contributed by atoms with van der Waals surface area (Å²) < 4.78 is 0. The van der Waals surface area contributed by atoms with Crippen molar-refractivity contribution in [3.8, 4) is 0 Å². The molecule has 0 aromatic heterocycles. The van der Waals surface area contributed by atoms with Crippen molar-refractivity contribution in [3.05, 3.63) is 71.8 Å². The van der Waals surface area contributed by atoms with Gasteiger partial charge in [0.2, 0.25) is 0 Å². The zero-order valence-corrected chi connectivity index (χ0v) is 13.4. The predicted octanol–water partition coefficient (Wildman–Crippen LogP) is 4.00. The van der Waals surface area contributed by atoms with Crippen molar-refractivity contribution in [2.75, 3.05) is 13.1 Å². The third-order valence-electron chi connectivity index (χ3n) is 4.62. The summed E-state index contributed by atoms with van der Waals surface area (Å²) in [7, 11) is 0. The minimum atomic E-state index is 0.437. The first kappa shape index (κ1) is 15.3. The van der Waals surface area contributed by atoms with Gasteiger partial charge in [-0.1, -0.05) is 60.7 Å². The van der Waals surface area contributed by atoms with Gasteiger partial charge in [0, 0.05) is 18.6 Å². The van der Waals surface area contributed by atoms with E-state index >= 15 is 0 Å². The average molecular weight is 294 g/mol. The maximum atomic E-state index is 3.79. The Kier molecular flexibility index (Phi) is 5.25. The second kappa shape index (κ2) is 7.57. The zero-order valence-electron chi connectivity index (χ0n) is 13.4. The van der Waals surface area contributed by atoms with Gasteiger partial charge in [-0.2, -0.15) is 0 Å². The molecule has 2 heteroatoms. The minimum absolute atomic E-state index is 0.437. The Bertz CT molecular complexity index is 544. The summed E-state index contributed by atoms with van der Waals surface area (Å²) in [4.78, 5) is 2.57. The van der Waals surface area contributed by atoms with E-state index < -0.39 is 0 Å². The number of benzene rings is 2. The molecule has 1 aliphatic rings. The maximum Gasteiger partial charge on any atom is 0.0294 e. The molecule has 116 valence electrons. The molecule has 1 aliphatic heterocycles. The maximum absolute atomic E-state index is 3.79. The molecular formula is C20H26N2. The largest absolute Gasteiger partial charge is 0.307 e. The van der Waals surface area contributed by atoms with Gasteiger partial charge in [0.1, 0.15) is 0 Å². The highest BCUT2D eigenvalue weighted by atomic mass is 15.1. The van der Waals surface area contributed by atoms with Gasteiger partial charge in [0.05, 0.1) is 0 Å². The lowest BCUT2D eigenvalue weighted by Crippen LogP contribution is -2.42. The van der Waals surface area contributed by atoms with E-state index in [-0.39, 0.29) is 0 Å². The van der Waals surface area contributed by atoms with Crippen LogP contribution < -0.4 is 5.32 Å². The number of nitrogens with zero attached hydrogens (tertiary/aromatic N) is 1. The second-order valence-electron chi connectivity index (χ2n) is 6.34. The van der Waals surface area contributed by atoms with Crippen LogP contribution in [0.4, 0.5) is 0 Å². The van der Waals surface area contributed by atoms with Gasteiger partial charge < -0.3 is 5.32 Å². The van der Waals surface area contributed by atoms with Gasteiger partial charge in [-0.15, -0.1) is 0 Å². The molecule has 0 aliphatic carbocycles. The van der Waals surface area contributed by atoms with E-state index in [0.29, 0.717) is 12.1 Å². The van der Waals surface area contributed by atoms with Crippen LogP contribution in [0.2, 0.25) is 0 Å². The first-order valence-electron chi connectivity index (χ1n) is 8.38. The molecule has 3 rings (SSSR count). The van der Waals surface area contributed by atoms with Crippen molar-refractivity contribution in [2.24, 2.45) is 0 Å². The molecule has 2 aromatic rings. The molecule has 2 aromatic carbocycles. The lowest BCUT2D eigenvalue weighted by atomic mass is 10.0. The lowest BCUT2D eigenvalue weighted by Gasteiger charge is -2.34. The van der Waals surface area contributed by atoms with E-state index in [0.717, 1.165) is 6.54 Å². The zero-order chi connectivity index (χ0) is 15.2. The molecule has 22 heavy (non-hydrogen) atoms. The van der Waals surface area contributed by atoms with Crippen LogP contribution in [0, 0.1) is 0 Å². The third kappa shape index (κ3) is 4.19. The number of hydrogen-bond acceptors (Lipinski definition) is 2. The summed E-state index contributed by atoms with van der Waals surface area (Å²) in [5, 5.41) is 3.79. The van der Waals surface area contributed by atoms with Crippen LogP contribution in [0.1, 0.15) is 36.9 Å². The standard InChI is InChI=1S/C20H26N2/c1-17(19-10-6-3-7-11-19)21-20-12-14-22(15-13-20)16-18-8-4-2-5-9-18/h2-11,17,20-21H,12-16H2,1H3. The van der Waals surface area contributed by atoms with Crippen molar-refractivity contribution >= 4 is 0 Å². The van der Waals surface area contributed by atoms with Crippen LogP contribution in [-0.4, -0.2) is 24.0 Å². The fourth-order valence-corrected chi connectivity index (χ4v) is 3.29. The van der Waals surface area contributed by atoms with Gasteiger partial charge in [0.25, 0.3) is 0 Å². The van der Waals surface area contributed by atoms with Crippen LogP contribution in [0.5, 0.6) is 0 Å². The van der Waals surface area contributed by atoms with Crippen LogP contribution in [0.3, 0.4) is 0 Å². The quantitative estimate of drug-likeness (QED) is 0.896. The molecule has 0 bridgehead atoms. The average Bonchev–Trinajstić information content (AvgIpc) is 2.58. The van der Waals surface area contributed by atoms with E-state index in [1.807, 2.05) is 0 Å². The number of piperidine rings is 1. The SMILES string of the molecule is CC(NC1CCN(Cc2ccccc2)CC1)c1ccccc1. The van der Waals surface area contributed by atoms with Gasteiger partial charge in [-0.3, -0.25) is 4.90 Å². The lowest BCUT2D eigenvalue weighted by molar-refractivity contribution is 0.185. The van der Waals surface area contributed by atoms with E-state index in [1.54, 1.807) is 0 Å². The first-order chi connectivity index (χ1) is 10.8. The monoisotopic (exact) mass is 294 g/mol. The number of nitrogens with one attached hydrogen (secondary N) is 1. The summed E-state index contributed by atoms with van der Waals surface area (Å²) in [5.41, 5.74) is 2.81. The molecule has 0 amide bonds. The molecule has 1 heterocycles. The summed E-state index contributed by atoms with van der Waals surface area (Å²) in [5.74, 6) is 0. The Hall–Kier alpha value is -1.64. The smallest absolute Gasteiger partial charge is 0.0294 e.